The van der Waals surface area contributed by atoms with E-state index < -0.39 is 17.6 Å². The number of carbonyl (C=O) groups excluding carboxylic acids is 4. The van der Waals surface area contributed by atoms with Gasteiger partial charge in [-0.05, 0) is 38.3 Å². The third-order valence-electron chi connectivity index (χ3n) is 4.86. The van der Waals surface area contributed by atoms with Crippen LogP contribution in [0.25, 0.3) is 10.8 Å². The maximum Gasteiger partial charge on any atom is 0.426 e. The highest BCUT2D eigenvalue weighted by atomic mass is 16.6. The van der Waals surface area contributed by atoms with Crippen molar-refractivity contribution in [2.75, 3.05) is 33.0 Å². The van der Waals surface area contributed by atoms with E-state index >= 15 is 0 Å². The molecule has 0 unspecified atom stereocenters. The van der Waals surface area contributed by atoms with Crippen LogP contribution in [0.3, 0.4) is 0 Å². The van der Waals surface area contributed by atoms with Crippen LogP contribution in [0, 0.1) is 0 Å². The van der Waals surface area contributed by atoms with Gasteiger partial charge in [-0.25, -0.2) is 10.2 Å². The Kier molecular flexibility index (Phi) is 8.19. The monoisotopic (exact) mass is 471 g/mol. The Labute approximate surface area is 197 Å². The van der Waals surface area contributed by atoms with Gasteiger partial charge < -0.3 is 14.2 Å². The van der Waals surface area contributed by atoms with Gasteiger partial charge in [-0.1, -0.05) is 24.3 Å². The zero-order chi connectivity index (χ0) is 24.7. The largest absolute Gasteiger partial charge is 0.443 e. The van der Waals surface area contributed by atoms with Crippen LogP contribution >= 0.6 is 0 Å². The van der Waals surface area contributed by atoms with Gasteiger partial charge >= 0.3 is 6.09 Å². The Morgan fingerprint density at radius 3 is 2.03 bits per heavy atom. The second-order valence-corrected chi connectivity index (χ2v) is 8.62. The van der Waals surface area contributed by atoms with Gasteiger partial charge in [0.25, 0.3) is 11.8 Å². The maximum absolute atomic E-state index is 12.8. The maximum atomic E-state index is 12.8. The summed E-state index contributed by atoms with van der Waals surface area (Å²) in [6.07, 6.45) is -0.710. The quantitative estimate of drug-likeness (QED) is 0.327. The first-order chi connectivity index (χ1) is 16.2. The number of imide groups is 1. The molecule has 3 rings (SSSR count). The van der Waals surface area contributed by atoms with Crippen molar-refractivity contribution in [3.63, 3.8) is 0 Å². The van der Waals surface area contributed by atoms with Crippen molar-refractivity contribution in [1.82, 2.24) is 15.8 Å². The molecule has 0 atom stereocenters. The van der Waals surface area contributed by atoms with Gasteiger partial charge in [-0.3, -0.25) is 24.7 Å². The highest BCUT2D eigenvalue weighted by Crippen LogP contribution is 2.29. The molecule has 0 aromatic heterocycles. The zero-order valence-electron chi connectivity index (χ0n) is 19.5. The number of amides is 4. The summed E-state index contributed by atoms with van der Waals surface area (Å²) >= 11 is 0. The second kappa shape index (κ2) is 11.1. The van der Waals surface area contributed by atoms with E-state index in [-0.39, 0.29) is 51.2 Å². The Balaban J connectivity index is 1.31. The van der Waals surface area contributed by atoms with Gasteiger partial charge in [-0.15, -0.1) is 0 Å². The molecular weight excluding hydrogens is 442 g/mol. The van der Waals surface area contributed by atoms with Gasteiger partial charge in [-0.2, -0.15) is 0 Å². The lowest BCUT2D eigenvalue weighted by Gasteiger charge is -2.27. The van der Waals surface area contributed by atoms with Gasteiger partial charge in [0.1, 0.15) is 5.60 Å². The van der Waals surface area contributed by atoms with Crippen molar-refractivity contribution >= 4 is 34.6 Å². The normalized spacial score (nSPS) is 13.2. The summed E-state index contributed by atoms with van der Waals surface area (Å²) in [5.74, 6) is -1.09. The fourth-order valence-electron chi connectivity index (χ4n) is 3.41. The number of carbonyl (C=O) groups is 4. The number of hydrogen-bond acceptors (Lipinski definition) is 7. The third-order valence-corrected chi connectivity index (χ3v) is 4.86. The molecule has 0 bridgehead atoms. The summed E-state index contributed by atoms with van der Waals surface area (Å²) in [4.78, 5) is 49.9. The smallest absolute Gasteiger partial charge is 0.426 e. The fourth-order valence-corrected chi connectivity index (χ4v) is 3.41. The molecule has 0 radical (unpaired) electrons. The molecule has 2 N–H and O–H groups in total. The predicted octanol–water partition coefficient (Wildman–Crippen LogP) is 2.42. The number of ether oxygens (including phenoxy) is 3. The summed E-state index contributed by atoms with van der Waals surface area (Å²) in [5.41, 5.74) is 4.75. The van der Waals surface area contributed by atoms with E-state index in [4.69, 9.17) is 14.2 Å². The molecule has 0 saturated carbocycles. The molecule has 1 heterocycles. The van der Waals surface area contributed by atoms with Crippen LogP contribution in [0.4, 0.5) is 4.79 Å². The SMILES string of the molecule is CC(C)(C)OC(=O)NNC(=O)CCOCCOCCN1C(=O)c2cccc3cccc(c23)C1=O. The second-order valence-electron chi connectivity index (χ2n) is 8.62. The summed E-state index contributed by atoms with van der Waals surface area (Å²) in [6, 6.07) is 10.8. The topological polar surface area (TPSA) is 123 Å². The molecule has 10 heteroatoms. The molecule has 1 aliphatic rings. The number of rotatable bonds is 9. The summed E-state index contributed by atoms with van der Waals surface area (Å²) < 4.78 is 15.8. The number of hydrazine groups is 1. The van der Waals surface area contributed by atoms with Crippen molar-refractivity contribution in [3.05, 3.63) is 47.5 Å². The molecule has 10 nitrogen and oxygen atoms in total. The highest BCUT2D eigenvalue weighted by Gasteiger charge is 2.32. The van der Waals surface area contributed by atoms with Crippen LogP contribution in [0.15, 0.2) is 36.4 Å². The Morgan fingerprint density at radius 2 is 1.44 bits per heavy atom. The first kappa shape index (κ1) is 25.1. The van der Waals surface area contributed by atoms with E-state index in [2.05, 4.69) is 10.9 Å². The van der Waals surface area contributed by atoms with E-state index in [1.165, 1.54) is 4.90 Å². The van der Waals surface area contributed by atoms with Crippen molar-refractivity contribution in [2.45, 2.75) is 32.8 Å². The van der Waals surface area contributed by atoms with Crippen molar-refractivity contribution in [3.8, 4) is 0 Å². The molecular formula is C24H29N3O7. The van der Waals surface area contributed by atoms with E-state index in [0.29, 0.717) is 16.5 Å². The molecule has 0 spiro atoms. The lowest BCUT2D eigenvalue weighted by Crippen LogP contribution is -2.44. The van der Waals surface area contributed by atoms with Crippen molar-refractivity contribution in [1.29, 1.82) is 0 Å². The fraction of sp³-hybridized carbons (Fsp3) is 0.417. The van der Waals surface area contributed by atoms with Crippen molar-refractivity contribution in [2.24, 2.45) is 0 Å². The zero-order valence-corrected chi connectivity index (χ0v) is 19.5. The molecule has 0 saturated heterocycles. The first-order valence-electron chi connectivity index (χ1n) is 11.0. The lowest BCUT2D eigenvalue weighted by atomic mass is 9.94. The van der Waals surface area contributed by atoms with Gasteiger partial charge in [0.05, 0.1) is 39.4 Å². The van der Waals surface area contributed by atoms with Crippen molar-refractivity contribution < 1.29 is 33.4 Å². The molecule has 0 aliphatic carbocycles. The molecule has 0 fully saturated rings. The van der Waals surface area contributed by atoms with Crippen LogP contribution < -0.4 is 10.9 Å². The Morgan fingerprint density at radius 1 is 0.853 bits per heavy atom. The molecule has 182 valence electrons. The lowest BCUT2D eigenvalue weighted by molar-refractivity contribution is -0.123. The Bertz CT molecular complexity index is 1030. The van der Waals surface area contributed by atoms with E-state index in [1.54, 1.807) is 45.0 Å². The van der Waals surface area contributed by atoms with E-state index in [9.17, 15) is 19.2 Å². The minimum absolute atomic E-state index is 0.0392. The molecule has 2 aromatic carbocycles. The van der Waals surface area contributed by atoms with Crippen LogP contribution in [-0.2, 0) is 19.0 Å². The minimum Gasteiger partial charge on any atom is -0.443 e. The molecule has 1 aliphatic heterocycles. The molecule has 2 aromatic rings. The first-order valence-corrected chi connectivity index (χ1v) is 11.0. The Hall–Kier alpha value is -3.50. The molecule has 34 heavy (non-hydrogen) atoms. The van der Waals surface area contributed by atoms with Crippen LogP contribution in [0.2, 0.25) is 0 Å². The van der Waals surface area contributed by atoms with Gasteiger partial charge in [0.15, 0.2) is 0 Å². The minimum atomic E-state index is -0.749. The predicted molar refractivity (Wildman–Crippen MR) is 123 cm³/mol. The van der Waals surface area contributed by atoms with E-state index in [1.807, 2.05) is 12.1 Å². The average Bonchev–Trinajstić information content (AvgIpc) is 2.78. The van der Waals surface area contributed by atoms with Crippen LogP contribution in [0.5, 0.6) is 0 Å². The van der Waals surface area contributed by atoms with Gasteiger partial charge in [0.2, 0.25) is 5.91 Å². The van der Waals surface area contributed by atoms with Gasteiger partial charge in [0, 0.05) is 16.5 Å². The average molecular weight is 472 g/mol. The third kappa shape index (κ3) is 6.52. The summed E-state index contributed by atoms with van der Waals surface area (Å²) in [6.45, 7) is 6.04. The molecule has 4 amide bonds. The van der Waals surface area contributed by atoms with Crippen LogP contribution in [-0.4, -0.2) is 67.3 Å². The van der Waals surface area contributed by atoms with E-state index in [0.717, 1.165) is 5.39 Å². The summed E-state index contributed by atoms with van der Waals surface area (Å²) in [5, 5.41) is 1.55. The highest BCUT2D eigenvalue weighted by molar-refractivity contribution is 6.25. The number of nitrogens with zero attached hydrogens (tertiary/aromatic N) is 1. The summed E-state index contributed by atoms with van der Waals surface area (Å²) in [7, 11) is 0. The number of benzene rings is 2. The number of hydrogen-bond donors (Lipinski definition) is 2. The van der Waals surface area contributed by atoms with Crippen LogP contribution in [0.1, 0.15) is 47.9 Å². The number of nitrogens with one attached hydrogen (secondary N) is 2. The standard InChI is InChI=1S/C24H29N3O7/c1-24(2,3)34-23(31)26-25-19(28)10-12-32-14-15-33-13-11-27-21(29)17-8-4-6-16-7-5-9-18(20(16)17)22(27)30/h4-9H,10-15H2,1-3H3,(H,25,28)(H,26,31).